The van der Waals surface area contributed by atoms with Gasteiger partial charge in [0.05, 0.1) is 16.8 Å². The molecule has 1 aromatic heterocycles. The Hall–Kier alpha value is -0.870. The number of aromatic nitrogens is 2. The lowest BCUT2D eigenvalue weighted by Gasteiger charge is -2.38. The number of nitrogens with zero attached hydrogens (tertiary/aromatic N) is 3. The van der Waals surface area contributed by atoms with Crippen molar-refractivity contribution < 1.29 is 4.79 Å². The average Bonchev–Trinajstić information content (AvgIpc) is 2.79. The fourth-order valence-corrected chi connectivity index (χ4v) is 2.76. The standard InChI is InChI=1S/C14H24ClN3O/c1-6-14(5,17(7-2)8-3)13(19)12-11(15)10-16-18(12)9-4/h10H,6-9H2,1-5H3. The van der Waals surface area contributed by atoms with E-state index in [0.717, 1.165) is 19.5 Å². The maximum absolute atomic E-state index is 12.9. The lowest BCUT2D eigenvalue weighted by atomic mass is 9.88. The van der Waals surface area contributed by atoms with E-state index in [9.17, 15) is 4.79 Å². The second-order valence-electron chi connectivity index (χ2n) is 4.79. The molecule has 1 rings (SSSR count). The molecule has 1 unspecified atom stereocenters. The molecule has 4 nitrogen and oxygen atoms in total. The Bertz CT molecular complexity index is 440. The van der Waals surface area contributed by atoms with Crippen LogP contribution in [0.25, 0.3) is 0 Å². The molecule has 0 radical (unpaired) electrons. The van der Waals surface area contributed by atoms with Gasteiger partial charge in [0.1, 0.15) is 5.69 Å². The summed E-state index contributed by atoms with van der Waals surface area (Å²) in [6.45, 7) is 12.5. The van der Waals surface area contributed by atoms with E-state index in [1.165, 1.54) is 0 Å². The van der Waals surface area contributed by atoms with Crippen LogP contribution in [0.3, 0.4) is 0 Å². The summed E-state index contributed by atoms with van der Waals surface area (Å²) in [5.74, 6) is 0.0584. The third kappa shape index (κ3) is 2.84. The molecule has 1 aromatic rings. The Kier molecular flexibility index (Phi) is 5.56. The fourth-order valence-electron chi connectivity index (χ4n) is 2.53. The number of halogens is 1. The number of rotatable bonds is 7. The van der Waals surface area contributed by atoms with Crippen molar-refractivity contribution in [2.45, 2.75) is 53.1 Å². The minimum atomic E-state index is -0.528. The molecule has 1 atom stereocenters. The van der Waals surface area contributed by atoms with Crippen LogP contribution >= 0.6 is 11.6 Å². The van der Waals surface area contributed by atoms with Crippen LogP contribution in [-0.2, 0) is 6.54 Å². The van der Waals surface area contributed by atoms with E-state index in [1.54, 1.807) is 10.9 Å². The van der Waals surface area contributed by atoms with E-state index in [2.05, 4.69) is 23.8 Å². The lowest BCUT2D eigenvalue weighted by Crippen LogP contribution is -2.52. The van der Waals surface area contributed by atoms with Crippen molar-refractivity contribution >= 4 is 17.4 Å². The zero-order valence-corrected chi connectivity index (χ0v) is 13.3. The molecule has 1 heterocycles. The van der Waals surface area contributed by atoms with E-state index in [4.69, 9.17) is 11.6 Å². The molecule has 0 saturated heterocycles. The van der Waals surface area contributed by atoms with Crippen molar-refractivity contribution in [1.82, 2.24) is 14.7 Å². The van der Waals surface area contributed by atoms with Crippen molar-refractivity contribution in [3.8, 4) is 0 Å². The summed E-state index contributed by atoms with van der Waals surface area (Å²) < 4.78 is 1.68. The molecule has 5 heteroatoms. The number of hydrogen-bond acceptors (Lipinski definition) is 3. The molecule has 0 aliphatic carbocycles. The van der Waals surface area contributed by atoms with Gasteiger partial charge in [0.2, 0.25) is 5.78 Å². The Balaban J connectivity index is 3.25. The summed E-state index contributed by atoms with van der Waals surface area (Å²) in [4.78, 5) is 15.1. The molecule has 0 bridgehead atoms. The van der Waals surface area contributed by atoms with Gasteiger partial charge >= 0.3 is 0 Å². The number of Topliss-reactive ketones (excluding diaryl/α,β-unsaturated/α-hetero) is 1. The summed E-state index contributed by atoms with van der Waals surface area (Å²) in [6, 6.07) is 0. The largest absolute Gasteiger partial charge is 0.291 e. The molecule has 0 spiro atoms. The number of likely N-dealkylation sites (N-methyl/N-ethyl adjacent to an activating group) is 1. The molecular weight excluding hydrogens is 262 g/mol. The van der Waals surface area contributed by atoms with Crippen LogP contribution in [0.5, 0.6) is 0 Å². The smallest absolute Gasteiger partial charge is 0.202 e. The Morgan fingerprint density at radius 3 is 2.37 bits per heavy atom. The van der Waals surface area contributed by atoms with E-state index >= 15 is 0 Å². The number of ketones is 1. The minimum absolute atomic E-state index is 0.0584. The highest BCUT2D eigenvalue weighted by Gasteiger charge is 2.39. The first-order chi connectivity index (χ1) is 8.96. The predicted molar refractivity (Wildman–Crippen MR) is 78.9 cm³/mol. The van der Waals surface area contributed by atoms with E-state index in [1.807, 2.05) is 20.8 Å². The number of hydrogen-bond donors (Lipinski definition) is 0. The predicted octanol–water partition coefficient (Wildman–Crippen LogP) is 3.25. The van der Waals surface area contributed by atoms with Crippen LogP contribution in [0.2, 0.25) is 5.02 Å². The summed E-state index contributed by atoms with van der Waals surface area (Å²) in [5.41, 5.74) is 0.000478. The van der Waals surface area contributed by atoms with Crippen LogP contribution in [0.15, 0.2) is 6.20 Å². The molecule has 19 heavy (non-hydrogen) atoms. The van der Waals surface area contributed by atoms with Crippen molar-refractivity contribution in [3.63, 3.8) is 0 Å². The van der Waals surface area contributed by atoms with Crippen LogP contribution in [0.4, 0.5) is 0 Å². The van der Waals surface area contributed by atoms with Gasteiger partial charge in [-0.05, 0) is 33.4 Å². The second-order valence-corrected chi connectivity index (χ2v) is 5.19. The summed E-state index contributed by atoms with van der Waals surface area (Å²) in [7, 11) is 0. The number of aryl methyl sites for hydroxylation is 1. The Morgan fingerprint density at radius 1 is 1.37 bits per heavy atom. The first kappa shape index (κ1) is 16.2. The van der Waals surface area contributed by atoms with Crippen molar-refractivity contribution in [1.29, 1.82) is 0 Å². The molecule has 0 fully saturated rings. The van der Waals surface area contributed by atoms with Crippen LogP contribution < -0.4 is 0 Å². The second kappa shape index (κ2) is 6.53. The molecule has 0 amide bonds. The Morgan fingerprint density at radius 2 is 1.95 bits per heavy atom. The van der Waals surface area contributed by atoms with Crippen molar-refractivity contribution in [2.75, 3.05) is 13.1 Å². The van der Waals surface area contributed by atoms with Crippen LogP contribution in [-0.4, -0.2) is 39.1 Å². The Labute approximate surface area is 120 Å². The molecule has 0 N–H and O–H groups in total. The lowest BCUT2D eigenvalue weighted by molar-refractivity contribution is 0.0596. The minimum Gasteiger partial charge on any atom is -0.291 e. The molecule has 0 aromatic carbocycles. The van der Waals surface area contributed by atoms with Crippen LogP contribution in [0, 0.1) is 0 Å². The first-order valence-electron chi connectivity index (χ1n) is 6.97. The van der Waals surface area contributed by atoms with Gasteiger partial charge < -0.3 is 0 Å². The van der Waals surface area contributed by atoms with Gasteiger partial charge in [-0.15, -0.1) is 0 Å². The van der Waals surface area contributed by atoms with Gasteiger partial charge in [-0.25, -0.2) is 0 Å². The highest BCUT2D eigenvalue weighted by molar-refractivity contribution is 6.34. The summed E-state index contributed by atoms with van der Waals surface area (Å²) in [6.07, 6.45) is 2.30. The molecule has 108 valence electrons. The van der Waals surface area contributed by atoms with Gasteiger partial charge in [0.15, 0.2) is 0 Å². The molecule has 0 aliphatic rings. The first-order valence-corrected chi connectivity index (χ1v) is 7.35. The van der Waals surface area contributed by atoms with Gasteiger partial charge in [-0.2, -0.15) is 5.10 Å². The van der Waals surface area contributed by atoms with Crippen molar-refractivity contribution in [2.24, 2.45) is 0 Å². The van der Waals surface area contributed by atoms with Gasteiger partial charge in [-0.1, -0.05) is 32.4 Å². The fraction of sp³-hybridized carbons (Fsp3) is 0.714. The molecule has 0 saturated carbocycles. The van der Waals surface area contributed by atoms with E-state index < -0.39 is 5.54 Å². The SMILES string of the molecule is CCN(CC)C(C)(CC)C(=O)c1c(Cl)cnn1CC. The third-order valence-electron chi connectivity index (χ3n) is 3.95. The van der Waals surface area contributed by atoms with Crippen LogP contribution in [0.1, 0.15) is 51.5 Å². The van der Waals surface area contributed by atoms with Gasteiger partial charge in [0, 0.05) is 6.54 Å². The maximum Gasteiger partial charge on any atom is 0.202 e. The number of carbonyl (C=O) groups is 1. The average molecular weight is 286 g/mol. The number of carbonyl (C=O) groups excluding carboxylic acids is 1. The van der Waals surface area contributed by atoms with Crippen molar-refractivity contribution in [3.05, 3.63) is 16.9 Å². The summed E-state index contributed by atoms with van der Waals surface area (Å²) in [5, 5.41) is 4.60. The normalized spacial score (nSPS) is 14.7. The molecular formula is C14H24ClN3O. The monoisotopic (exact) mass is 285 g/mol. The maximum atomic E-state index is 12.9. The quantitative estimate of drug-likeness (QED) is 0.722. The summed E-state index contributed by atoms with van der Waals surface area (Å²) >= 11 is 6.15. The van der Waals surface area contributed by atoms with Gasteiger partial charge in [0.25, 0.3) is 0 Å². The topological polar surface area (TPSA) is 38.1 Å². The highest BCUT2D eigenvalue weighted by Crippen LogP contribution is 2.28. The van der Waals surface area contributed by atoms with Gasteiger partial charge in [-0.3, -0.25) is 14.4 Å². The third-order valence-corrected chi connectivity index (χ3v) is 4.23. The van der Waals surface area contributed by atoms with E-state index in [0.29, 0.717) is 17.3 Å². The zero-order valence-electron chi connectivity index (χ0n) is 12.5. The molecule has 0 aliphatic heterocycles. The highest BCUT2D eigenvalue weighted by atomic mass is 35.5. The zero-order chi connectivity index (χ0) is 14.6. The van der Waals surface area contributed by atoms with E-state index in [-0.39, 0.29) is 5.78 Å².